The average molecular weight is 2040 g/mol. The van der Waals surface area contributed by atoms with Crippen molar-refractivity contribution in [2.24, 2.45) is 5.73 Å². The van der Waals surface area contributed by atoms with Gasteiger partial charge in [-0.1, -0.05) is 129 Å². The maximum absolute atomic E-state index is 10.1. The average Bonchev–Trinajstić information content (AvgIpc) is 1.30. The Hall–Kier alpha value is -4.35. The molecule has 31 nitrogen and oxygen atoms in total. The van der Waals surface area contributed by atoms with Gasteiger partial charge in [-0.25, -0.2) is 0 Å². The first kappa shape index (κ1) is 128. The van der Waals surface area contributed by atoms with Gasteiger partial charge in [0.1, 0.15) is 47.4 Å². The summed E-state index contributed by atoms with van der Waals surface area (Å²) < 4.78 is 122. The number of unbranched alkanes of at least 4 members (excludes halogenated alkanes) is 4. The first-order valence-corrected chi connectivity index (χ1v) is 60.5. The van der Waals surface area contributed by atoms with Crippen molar-refractivity contribution >= 4 is 25.7 Å². The summed E-state index contributed by atoms with van der Waals surface area (Å²) in [4.78, 5) is 0. The number of aliphatic hydroxyl groups is 4. The van der Waals surface area contributed by atoms with E-state index in [1.165, 1.54) is 34.7 Å². The van der Waals surface area contributed by atoms with Gasteiger partial charge in [0.25, 0.3) is 0 Å². The second-order valence-corrected chi connectivity index (χ2v) is 48.8. The third-order valence-electron chi connectivity index (χ3n) is 22.8. The van der Waals surface area contributed by atoms with Gasteiger partial charge < -0.3 is 150 Å². The van der Waals surface area contributed by atoms with Crippen LogP contribution in [0.15, 0.2) is 97.1 Å². The number of ether oxygens (including phenoxy) is 16. The van der Waals surface area contributed by atoms with Crippen LogP contribution in [0.4, 0.5) is 0 Å². The number of epoxide rings is 4. The van der Waals surface area contributed by atoms with Crippen LogP contribution in [0.1, 0.15) is 202 Å². The molecule has 34 heteroatoms. The number of hydrogen-bond donors (Lipinski definition) is 9. The number of rotatable bonds is 87. The monoisotopic (exact) mass is 2040 g/mol. The van der Waals surface area contributed by atoms with E-state index in [4.69, 9.17) is 108 Å². The highest BCUT2D eigenvalue weighted by Gasteiger charge is 2.41. The lowest BCUT2D eigenvalue weighted by Crippen LogP contribution is -2.46. The summed E-state index contributed by atoms with van der Waals surface area (Å²) in [6, 6.07) is 36.2. The molecule has 0 spiro atoms. The molecular weight excluding hydrogens is 1840 g/mol. The number of hydrogen-bond acceptors (Lipinski definition) is 31. The highest BCUT2D eigenvalue weighted by molar-refractivity contribution is 6.76. The third-order valence-corrected chi connectivity index (χ3v) is 30.9. The molecule has 4 saturated heterocycles. The van der Waals surface area contributed by atoms with Gasteiger partial charge in [0, 0.05) is 175 Å². The van der Waals surface area contributed by atoms with E-state index in [0.717, 1.165) is 204 Å². The van der Waals surface area contributed by atoms with E-state index in [0.29, 0.717) is 202 Å². The lowest BCUT2D eigenvalue weighted by atomic mass is 9.78. The van der Waals surface area contributed by atoms with Crippen LogP contribution >= 0.6 is 0 Å². The Balaban J connectivity index is 0.000000386. The molecule has 4 aliphatic rings. The van der Waals surface area contributed by atoms with Gasteiger partial charge in [0.15, 0.2) is 0 Å². The molecule has 0 aliphatic carbocycles. The lowest BCUT2D eigenvalue weighted by Gasteiger charge is -2.28. The van der Waals surface area contributed by atoms with E-state index >= 15 is 0 Å². The number of aliphatic hydroxyl groups excluding tert-OH is 4. The Morgan fingerprint density at radius 2 is 0.529 bits per heavy atom. The Kier molecular flexibility index (Phi) is 73.7. The summed E-state index contributed by atoms with van der Waals surface area (Å²) in [5.41, 5.74) is 10.1. The van der Waals surface area contributed by atoms with E-state index in [2.05, 4.69) is 131 Å². The first-order valence-electron chi connectivity index (χ1n) is 52.9. The summed E-state index contributed by atoms with van der Waals surface area (Å²) in [7, 11) is -5.95. The summed E-state index contributed by atoms with van der Waals surface area (Å²) in [6.45, 7) is 57.7. The molecule has 810 valence electrons. The van der Waals surface area contributed by atoms with Crippen molar-refractivity contribution in [3.05, 3.63) is 119 Å². The van der Waals surface area contributed by atoms with Gasteiger partial charge in [0.2, 0.25) is 0 Å². The molecule has 8 atom stereocenters. The molecule has 4 aliphatic heterocycles. The largest absolute Gasteiger partial charge is 0.500 e. The minimum absolute atomic E-state index is 0.117. The standard InChI is InChI=1S/C35H58N2O6.C27H36O6.C25H58N2O7Si2.C10H18O4.C9H23NO3Si/c1-5-7-19-36-25-31(38)27-40-21-9-23-42-33-15-11-29(12-16-33)35(3,4)30-13-17-34(18-14-30)43-24-10-22-41-28-32(39)26-37-20-8-6-2;1-27(2,21-5-9-23(10-6-21)30-15-3-13-28-17-25-19-32-25)22-7-11-24(12-8-22)31-16-4-14-29-18-26-20-33-26;1-7-32-36(33-8-2,34-9-3)19-13-15-27-21-25(29)23-31-17-11-10-16-30-22-24(28)20-26-14-12-18-35(4,5)6;1(3-11-5-9-7-13-9)2-4-12-6-10-8-14-10;1-4-11-14(12-5-2,13-6-3)9-7-8-10/h11-18,31-32,36-39H,5-10,19-28H2,1-4H3;5-12,25-26H,3-4,13-20H2,1-2H3;24-29H,7-23H2,1-6H3;9-10H,1-8H2;4-10H2,1-3H3. The molecule has 0 bridgehead atoms. The maximum Gasteiger partial charge on any atom is 0.500 e. The van der Waals surface area contributed by atoms with Crippen molar-refractivity contribution in [2.75, 3.05) is 257 Å². The zero-order chi connectivity index (χ0) is 102. The maximum atomic E-state index is 10.1. The molecule has 4 fully saturated rings. The van der Waals surface area contributed by atoms with Gasteiger partial charge in [-0.15, -0.1) is 0 Å². The van der Waals surface area contributed by atoms with Crippen molar-refractivity contribution in [3.8, 4) is 23.0 Å². The second-order valence-electron chi connectivity index (χ2n) is 37.8. The van der Waals surface area contributed by atoms with E-state index in [-0.39, 0.29) is 10.8 Å². The molecule has 4 aromatic carbocycles. The van der Waals surface area contributed by atoms with Crippen molar-refractivity contribution in [2.45, 2.75) is 277 Å². The van der Waals surface area contributed by atoms with Crippen molar-refractivity contribution < 1.29 is 123 Å². The number of nitrogens with one attached hydrogen (secondary N) is 4. The van der Waals surface area contributed by atoms with Crippen LogP contribution in [0, 0.1) is 0 Å². The van der Waals surface area contributed by atoms with E-state index in [1.54, 1.807) is 0 Å². The molecule has 140 heavy (non-hydrogen) atoms. The Morgan fingerprint density at radius 3 is 0.757 bits per heavy atom. The molecule has 8 unspecified atom stereocenters. The zero-order valence-corrected chi connectivity index (χ0v) is 92.0. The van der Waals surface area contributed by atoms with Crippen LogP contribution in [-0.4, -0.2) is 352 Å². The first-order chi connectivity index (χ1) is 67.8. The normalized spacial score (nSPS) is 16.4. The lowest BCUT2D eigenvalue weighted by molar-refractivity contribution is 0.0217. The van der Waals surface area contributed by atoms with Crippen LogP contribution in [0.25, 0.3) is 0 Å². The van der Waals surface area contributed by atoms with Gasteiger partial charge in [0.05, 0.1) is 130 Å². The Labute approximate surface area is 847 Å². The molecule has 10 N–H and O–H groups in total. The fraction of sp³-hybridized carbons (Fsp3) is 0.774. The van der Waals surface area contributed by atoms with Gasteiger partial charge in [-0.3, -0.25) is 0 Å². The van der Waals surface area contributed by atoms with Crippen LogP contribution in [0.2, 0.25) is 37.8 Å². The zero-order valence-electron chi connectivity index (χ0n) is 89.0. The molecule has 8 rings (SSSR count). The SMILES string of the molecule is C(CCOCC1CO1)COCC1CO1.CC(C)(c1ccc(OCCCOCC2CO2)cc1)c1ccc(OCCCOCC2CO2)cc1.CCCCNCC(O)COCCCOc1ccc(C(C)(C)c2ccc(OCCCOCC(O)CNCCCC)cc2)cc1.CCO[Si](CCCN)(OCC)OCC.CCO[Si](CCCNCC(O)COCCCCOCC(O)CNCCC[Si](C)(C)C)(OCC)OCC. The summed E-state index contributed by atoms with van der Waals surface area (Å²) in [6.07, 6.45) is 14.1. The predicted molar refractivity (Wildman–Crippen MR) is 562 cm³/mol. The van der Waals surface area contributed by atoms with Crippen molar-refractivity contribution in [3.63, 3.8) is 0 Å². The number of nitrogens with two attached hydrogens (primary N) is 1. The molecule has 4 heterocycles. The fourth-order valence-electron chi connectivity index (χ4n) is 14.2. The topological polar surface area (TPSA) is 371 Å². The summed E-state index contributed by atoms with van der Waals surface area (Å²) in [5, 5.41) is 53.0. The molecule has 0 aromatic heterocycles. The number of benzene rings is 4. The molecule has 0 radical (unpaired) electrons. The van der Waals surface area contributed by atoms with Crippen LogP contribution in [0.5, 0.6) is 23.0 Å². The third kappa shape index (κ3) is 66.1. The van der Waals surface area contributed by atoms with Crippen molar-refractivity contribution in [1.82, 2.24) is 21.3 Å². The Bertz CT molecular complexity index is 3280. The fourth-order valence-corrected chi connectivity index (χ4v) is 20.7. The van der Waals surface area contributed by atoms with E-state index < -0.39 is 50.1 Å². The van der Waals surface area contributed by atoms with Gasteiger partial charge in [-0.05, 0) is 203 Å². The quantitative estimate of drug-likeness (QED) is 0.0113. The predicted octanol–water partition coefficient (Wildman–Crippen LogP) is 14.3. The van der Waals surface area contributed by atoms with Gasteiger partial charge in [-0.2, -0.15) is 0 Å². The van der Waals surface area contributed by atoms with E-state index in [1.807, 2.05) is 90.1 Å². The molecule has 4 aromatic rings. The molecule has 0 saturated carbocycles. The highest BCUT2D eigenvalue weighted by Crippen LogP contribution is 2.36. The minimum Gasteiger partial charge on any atom is -0.494 e. The summed E-state index contributed by atoms with van der Waals surface area (Å²) >= 11 is 0. The Morgan fingerprint density at radius 1 is 0.307 bits per heavy atom. The minimum atomic E-state index is -2.59. The van der Waals surface area contributed by atoms with Gasteiger partial charge >= 0.3 is 17.6 Å². The highest BCUT2D eigenvalue weighted by atomic mass is 28.4. The molecular formula is C106H193N5O26Si3. The summed E-state index contributed by atoms with van der Waals surface area (Å²) in [5.74, 6) is 3.45. The van der Waals surface area contributed by atoms with Crippen molar-refractivity contribution in [1.29, 1.82) is 0 Å². The van der Waals surface area contributed by atoms with Crippen LogP contribution < -0.4 is 45.9 Å². The second kappa shape index (κ2) is 80.7. The smallest absolute Gasteiger partial charge is 0.494 e. The van der Waals surface area contributed by atoms with E-state index in [9.17, 15) is 20.4 Å². The molecule has 0 amide bonds. The van der Waals surface area contributed by atoms with Crippen LogP contribution in [0.3, 0.4) is 0 Å². The van der Waals surface area contributed by atoms with Crippen LogP contribution in [-0.2, 0) is 94.2 Å².